The molecule has 0 radical (unpaired) electrons. The molecule has 3 rings (SSSR count). The molecule has 0 bridgehead atoms. The van der Waals surface area contributed by atoms with Crippen LogP contribution in [0, 0.1) is 0 Å². The maximum atomic E-state index is 11.5. The number of benzene rings is 1. The number of piperazine rings is 1. The first kappa shape index (κ1) is 19.9. The second-order valence-electron chi connectivity index (χ2n) is 7.93. The largest absolute Gasteiger partial charge is 0.389 e. The molecule has 1 atom stereocenters. The van der Waals surface area contributed by atoms with Gasteiger partial charge in [0.1, 0.15) is 0 Å². The van der Waals surface area contributed by atoms with Gasteiger partial charge in [-0.25, -0.2) is 0 Å². The Morgan fingerprint density at radius 2 is 1.85 bits per heavy atom. The quantitative estimate of drug-likeness (QED) is 0.786. The van der Waals surface area contributed by atoms with E-state index in [0.717, 1.165) is 58.4 Å². The van der Waals surface area contributed by atoms with Gasteiger partial charge in [0, 0.05) is 38.6 Å². The summed E-state index contributed by atoms with van der Waals surface area (Å²) in [5.41, 5.74) is 3.33. The lowest BCUT2D eigenvalue weighted by Crippen LogP contribution is -2.49. The molecule has 1 aliphatic carbocycles. The van der Waals surface area contributed by atoms with Crippen LogP contribution in [0.15, 0.2) is 29.7 Å². The SMILES string of the molecule is CS/C=C(\C)c1ccc(C(CN2CCNCC2)C2(O)CCCCC2)cc1. The minimum atomic E-state index is -0.547. The third-order valence-electron chi connectivity index (χ3n) is 6.08. The fourth-order valence-electron chi connectivity index (χ4n) is 4.47. The van der Waals surface area contributed by atoms with Gasteiger partial charge >= 0.3 is 0 Å². The van der Waals surface area contributed by atoms with Crippen molar-refractivity contribution < 1.29 is 5.11 Å². The summed E-state index contributed by atoms with van der Waals surface area (Å²) in [6.45, 7) is 7.42. The Hall–Kier alpha value is -0.810. The highest BCUT2D eigenvalue weighted by atomic mass is 32.2. The zero-order valence-corrected chi connectivity index (χ0v) is 17.2. The van der Waals surface area contributed by atoms with Crippen LogP contribution in [-0.4, -0.2) is 54.6 Å². The Balaban J connectivity index is 1.83. The van der Waals surface area contributed by atoms with Crippen LogP contribution < -0.4 is 5.32 Å². The van der Waals surface area contributed by atoms with Crippen LogP contribution in [0.25, 0.3) is 5.57 Å². The van der Waals surface area contributed by atoms with E-state index in [2.05, 4.69) is 53.1 Å². The summed E-state index contributed by atoms with van der Waals surface area (Å²) >= 11 is 1.75. The Kier molecular flexibility index (Phi) is 7.21. The van der Waals surface area contributed by atoms with Crippen molar-refractivity contribution in [3.05, 3.63) is 40.8 Å². The number of rotatable bonds is 6. The van der Waals surface area contributed by atoms with E-state index in [0.29, 0.717) is 0 Å². The maximum absolute atomic E-state index is 11.5. The Labute approximate surface area is 163 Å². The van der Waals surface area contributed by atoms with Crippen LogP contribution in [0.5, 0.6) is 0 Å². The first-order valence-corrected chi connectivity index (χ1v) is 11.4. The van der Waals surface area contributed by atoms with E-state index >= 15 is 0 Å². The van der Waals surface area contributed by atoms with Gasteiger partial charge in [-0.3, -0.25) is 0 Å². The summed E-state index contributed by atoms with van der Waals surface area (Å²) in [5, 5.41) is 17.2. The standard InChI is InChI=1S/C22H34N2OS/c1-18(17-26-2)19-6-8-20(9-7-19)21(16-24-14-12-23-13-15-24)22(25)10-4-3-5-11-22/h6-9,17,21,23,25H,3-5,10-16H2,1-2H3/b18-17+. The van der Waals surface area contributed by atoms with Crippen LogP contribution in [0.1, 0.15) is 56.1 Å². The Morgan fingerprint density at radius 1 is 1.19 bits per heavy atom. The first-order chi connectivity index (χ1) is 12.6. The van der Waals surface area contributed by atoms with Gasteiger partial charge < -0.3 is 15.3 Å². The highest BCUT2D eigenvalue weighted by molar-refractivity contribution is 8.01. The van der Waals surface area contributed by atoms with E-state index in [1.807, 2.05) is 0 Å². The van der Waals surface area contributed by atoms with Crippen molar-refractivity contribution in [2.24, 2.45) is 0 Å². The monoisotopic (exact) mass is 374 g/mol. The molecule has 1 unspecified atom stereocenters. The minimum absolute atomic E-state index is 0.208. The number of thioether (sulfide) groups is 1. The first-order valence-electron chi connectivity index (χ1n) is 10.1. The predicted octanol–water partition coefficient (Wildman–Crippen LogP) is 4.09. The molecule has 2 N–H and O–H groups in total. The van der Waals surface area contributed by atoms with Gasteiger partial charge in [-0.15, -0.1) is 11.8 Å². The number of hydrogen-bond acceptors (Lipinski definition) is 4. The second kappa shape index (κ2) is 9.41. The number of nitrogens with zero attached hydrogens (tertiary/aromatic N) is 1. The predicted molar refractivity (Wildman–Crippen MR) is 114 cm³/mol. The van der Waals surface area contributed by atoms with Crippen molar-refractivity contribution in [1.82, 2.24) is 10.2 Å². The molecule has 2 aliphatic rings. The van der Waals surface area contributed by atoms with Crippen molar-refractivity contribution in [1.29, 1.82) is 0 Å². The lowest BCUT2D eigenvalue weighted by atomic mass is 9.72. The summed E-state index contributed by atoms with van der Waals surface area (Å²) < 4.78 is 0. The van der Waals surface area contributed by atoms with E-state index in [9.17, 15) is 5.11 Å². The molecule has 1 aromatic rings. The smallest absolute Gasteiger partial charge is 0.0728 e. The molecule has 2 fully saturated rings. The fraction of sp³-hybridized carbons (Fsp3) is 0.636. The van der Waals surface area contributed by atoms with Gasteiger partial charge in [0.05, 0.1) is 5.60 Å². The van der Waals surface area contributed by atoms with E-state index < -0.39 is 5.60 Å². The minimum Gasteiger partial charge on any atom is -0.389 e. The van der Waals surface area contributed by atoms with Crippen LogP contribution in [0.2, 0.25) is 0 Å². The molecule has 1 saturated carbocycles. The number of nitrogens with one attached hydrogen (secondary N) is 1. The fourth-order valence-corrected chi connectivity index (χ4v) is 4.96. The molecule has 26 heavy (non-hydrogen) atoms. The average Bonchev–Trinajstić information content (AvgIpc) is 2.68. The Morgan fingerprint density at radius 3 is 2.46 bits per heavy atom. The molecule has 1 heterocycles. The van der Waals surface area contributed by atoms with Gasteiger partial charge in [0.25, 0.3) is 0 Å². The number of allylic oxidation sites excluding steroid dienone is 1. The molecule has 3 nitrogen and oxygen atoms in total. The van der Waals surface area contributed by atoms with Crippen LogP contribution >= 0.6 is 11.8 Å². The summed E-state index contributed by atoms with van der Waals surface area (Å²) in [6, 6.07) is 8.97. The van der Waals surface area contributed by atoms with Crippen molar-refractivity contribution in [3.8, 4) is 0 Å². The van der Waals surface area contributed by atoms with E-state index in [1.54, 1.807) is 11.8 Å². The average molecular weight is 375 g/mol. The second-order valence-corrected chi connectivity index (χ2v) is 8.63. The number of hydrogen-bond donors (Lipinski definition) is 2. The van der Waals surface area contributed by atoms with Crippen molar-refractivity contribution >= 4 is 17.3 Å². The number of aliphatic hydroxyl groups is 1. The van der Waals surface area contributed by atoms with Crippen molar-refractivity contribution in [3.63, 3.8) is 0 Å². The van der Waals surface area contributed by atoms with Crippen LogP contribution in [0.3, 0.4) is 0 Å². The molecule has 1 aromatic carbocycles. The zero-order chi connectivity index (χ0) is 18.4. The summed E-state index contributed by atoms with van der Waals surface area (Å²) in [7, 11) is 0. The van der Waals surface area contributed by atoms with E-state index in [1.165, 1.54) is 23.1 Å². The normalized spacial score (nSPS) is 23.0. The molecular formula is C22H34N2OS. The molecule has 1 aliphatic heterocycles. The van der Waals surface area contributed by atoms with Gasteiger partial charge in [-0.2, -0.15) is 0 Å². The van der Waals surface area contributed by atoms with Crippen molar-refractivity contribution in [2.45, 2.75) is 50.5 Å². The molecule has 144 valence electrons. The molecular weight excluding hydrogens is 340 g/mol. The third-order valence-corrected chi connectivity index (χ3v) is 6.67. The van der Waals surface area contributed by atoms with Gasteiger partial charge in [-0.05, 0) is 48.1 Å². The van der Waals surface area contributed by atoms with Crippen molar-refractivity contribution in [2.75, 3.05) is 39.0 Å². The van der Waals surface area contributed by atoms with E-state index in [-0.39, 0.29) is 5.92 Å². The zero-order valence-electron chi connectivity index (χ0n) is 16.3. The van der Waals surface area contributed by atoms with Gasteiger partial charge in [0.15, 0.2) is 0 Å². The molecule has 0 spiro atoms. The summed E-state index contributed by atoms with van der Waals surface area (Å²) in [6.07, 6.45) is 7.55. The maximum Gasteiger partial charge on any atom is 0.0728 e. The van der Waals surface area contributed by atoms with Gasteiger partial charge in [0.2, 0.25) is 0 Å². The molecule has 1 saturated heterocycles. The summed E-state index contributed by atoms with van der Waals surface area (Å²) in [4.78, 5) is 2.53. The summed E-state index contributed by atoms with van der Waals surface area (Å²) in [5.74, 6) is 0.208. The van der Waals surface area contributed by atoms with Crippen LogP contribution in [-0.2, 0) is 0 Å². The molecule has 0 amide bonds. The topological polar surface area (TPSA) is 35.5 Å². The third kappa shape index (κ3) is 4.92. The Bertz CT molecular complexity index is 587. The van der Waals surface area contributed by atoms with E-state index in [4.69, 9.17) is 0 Å². The lowest BCUT2D eigenvalue weighted by molar-refractivity contribution is -0.0316. The van der Waals surface area contributed by atoms with Gasteiger partial charge in [-0.1, -0.05) is 43.5 Å². The highest BCUT2D eigenvalue weighted by Crippen LogP contribution is 2.40. The lowest BCUT2D eigenvalue weighted by Gasteiger charge is -2.42. The molecule has 4 heteroatoms. The molecule has 0 aromatic heterocycles. The van der Waals surface area contributed by atoms with Crippen LogP contribution in [0.4, 0.5) is 0 Å². The highest BCUT2D eigenvalue weighted by Gasteiger charge is 2.39.